The van der Waals surface area contributed by atoms with E-state index in [1.165, 1.54) is 127 Å². The second-order valence-corrected chi connectivity index (χ2v) is 24.8. The first-order chi connectivity index (χ1) is 30.7. The van der Waals surface area contributed by atoms with Crippen molar-refractivity contribution in [3.63, 3.8) is 0 Å². The molecule has 0 amide bonds. The Morgan fingerprint density at radius 1 is 0.585 bits per heavy atom. The van der Waals surface area contributed by atoms with Crippen LogP contribution in [0.25, 0.3) is 69.9 Å². The normalized spacial score (nSPS) is 16.7. The molecule has 4 heteroatoms. The molecule has 0 spiro atoms. The van der Waals surface area contributed by atoms with Crippen LogP contribution in [0.2, 0.25) is 0 Å². The van der Waals surface area contributed by atoms with Crippen LogP contribution in [0.5, 0.6) is 0 Å². The Labute approximate surface area is 390 Å². The van der Waals surface area contributed by atoms with Crippen molar-refractivity contribution in [2.24, 2.45) is 0 Å². The van der Waals surface area contributed by atoms with E-state index in [9.17, 15) is 0 Å². The first kappa shape index (κ1) is 40.9. The van der Waals surface area contributed by atoms with Gasteiger partial charge >= 0.3 is 0 Å². The first-order valence-electron chi connectivity index (χ1n) is 24.0. The summed E-state index contributed by atoms with van der Waals surface area (Å²) in [7, 11) is 0.859. The zero-order valence-corrected chi connectivity index (χ0v) is 41.3. The molecule has 0 fully saturated rings. The minimum Gasteiger partial charge on any atom is -0.355 e. The van der Waals surface area contributed by atoms with Gasteiger partial charge in [0.2, 0.25) is 0 Å². The monoisotopic (exact) mass is 864 g/mol. The van der Waals surface area contributed by atoms with Gasteiger partial charge in [-0.1, -0.05) is 149 Å². The van der Waals surface area contributed by atoms with Gasteiger partial charge in [0.15, 0.2) is 7.28 Å². The number of benzene rings is 7. The third kappa shape index (κ3) is 5.84. The number of nitrogens with one attached hydrogen (secondary N) is 1. The van der Waals surface area contributed by atoms with Crippen LogP contribution in [0, 0.1) is 0 Å². The molecule has 12 rings (SSSR count). The number of aromatic nitrogens is 1. The maximum Gasteiger partial charge on any atom is 0.198 e. The molecule has 0 atom stereocenters. The molecule has 7 aromatic carbocycles. The van der Waals surface area contributed by atoms with E-state index in [0.29, 0.717) is 0 Å². The van der Waals surface area contributed by atoms with Gasteiger partial charge in [-0.15, -0.1) is 11.3 Å². The number of hydrogen-bond donors (Lipinski definition) is 1. The molecule has 3 heterocycles. The van der Waals surface area contributed by atoms with E-state index in [-0.39, 0.29) is 27.1 Å². The molecule has 1 N–H and O–H groups in total. The Kier molecular flexibility index (Phi) is 8.36. The maximum absolute atomic E-state index is 4.03. The van der Waals surface area contributed by atoms with E-state index < -0.39 is 0 Å². The number of fused-ring (bicyclic) bond motifs is 13. The van der Waals surface area contributed by atoms with Gasteiger partial charge in [0.25, 0.3) is 0 Å². The summed E-state index contributed by atoms with van der Waals surface area (Å²) in [6, 6.07) is 45.2. The summed E-state index contributed by atoms with van der Waals surface area (Å²) in [5.41, 5.74) is 23.2. The first-order valence-corrected chi connectivity index (χ1v) is 24.8. The van der Waals surface area contributed by atoms with Gasteiger partial charge in [0, 0.05) is 64.5 Å². The van der Waals surface area contributed by atoms with Gasteiger partial charge in [0.05, 0.1) is 5.52 Å². The van der Waals surface area contributed by atoms with Crippen LogP contribution in [0.15, 0.2) is 115 Å². The highest BCUT2D eigenvalue weighted by Crippen LogP contribution is 2.58. The molecule has 2 aromatic heterocycles. The summed E-state index contributed by atoms with van der Waals surface area (Å²) in [4.78, 5) is 0. The molecule has 0 unspecified atom stereocenters. The minimum absolute atomic E-state index is 0.0441. The number of hydrogen-bond acceptors (Lipinski definition) is 2. The number of rotatable bonds is 3. The SMILES string of the molecule is CC(C)(C)c1ccc(Nc2ccc(C(C)(C)C)cc2-c2c3c(c4c5cc6c(cc5n5c4c2Bc2cc4sc7ccccc7c4cc2-5)C(C)(C)CCC6(C)C)-c2ccccc2C3(C)C)cc1. The number of anilines is 2. The average molecular weight is 865 g/mol. The third-order valence-electron chi connectivity index (χ3n) is 16.1. The largest absolute Gasteiger partial charge is 0.355 e. The second-order valence-electron chi connectivity index (χ2n) is 23.7. The van der Waals surface area contributed by atoms with Crippen LogP contribution in [0.3, 0.4) is 0 Å². The topological polar surface area (TPSA) is 17.0 Å². The predicted molar refractivity (Wildman–Crippen MR) is 285 cm³/mol. The van der Waals surface area contributed by atoms with Crippen LogP contribution in [0.1, 0.15) is 129 Å². The fourth-order valence-corrected chi connectivity index (χ4v) is 13.4. The van der Waals surface area contributed by atoms with Gasteiger partial charge in [0.1, 0.15) is 0 Å². The third-order valence-corrected chi connectivity index (χ3v) is 17.3. The zero-order valence-electron chi connectivity index (χ0n) is 40.4. The highest BCUT2D eigenvalue weighted by atomic mass is 32.1. The van der Waals surface area contributed by atoms with E-state index in [1.807, 2.05) is 11.3 Å². The van der Waals surface area contributed by atoms with Crippen LogP contribution < -0.4 is 16.2 Å². The molecule has 0 saturated heterocycles. The highest BCUT2D eigenvalue weighted by molar-refractivity contribution is 7.26. The van der Waals surface area contributed by atoms with Gasteiger partial charge in [-0.05, 0) is 145 Å². The summed E-state index contributed by atoms with van der Waals surface area (Å²) in [5.74, 6) is 0. The molecular formula is C61H61BN2S. The molecule has 0 radical (unpaired) electrons. The van der Waals surface area contributed by atoms with Crippen molar-refractivity contribution in [1.29, 1.82) is 0 Å². The smallest absolute Gasteiger partial charge is 0.198 e. The average Bonchev–Trinajstić information content (AvgIpc) is 3.87. The molecule has 2 aliphatic carbocycles. The molecule has 324 valence electrons. The fourth-order valence-electron chi connectivity index (χ4n) is 12.3. The Hall–Kier alpha value is -5.58. The summed E-state index contributed by atoms with van der Waals surface area (Å²) in [5, 5.41) is 9.56. The molecule has 9 aromatic rings. The zero-order chi connectivity index (χ0) is 45.3. The Morgan fingerprint density at radius 2 is 1.25 bits per heavy atom. The molecule has 0 saturated carbocycles. The van der Waals surface area contributed by atoms with Crippen molar-refractivity contribution in [3.8, 4) is 27.9 Å². The van der Waals surface area contributed by atoms with E-state index in [1.54, 1.807) is 0 Å². The lowest BCUT2D eigenvalue weighted by Crippen LogP contribution is -2.38. The van der Waals surface area contributed by atoms with Crippen LogP contribution >= 0.6 is 11.3 Å². The van der Waals surface area contributed by atoms with E-state index in [4.69, 9.17) is 0 Å². The molecule has 0 bridgehead atoms. The standard InChI is InChI=1S/C61H61BN2S/c1-57(2,3)34-21-24-36(25-22-34)63-46-26-23-35(58(4,5)6)29-40(46)53-54-51(38-18-13-15-19-42(38)61(54,11)12)52-41-30-43-44(60(9,10)28-27-59(43,7)8)32-47(41)64-48-31-39-37-17-14-16-20-49(37)65-50(39)33-45(48)62-55(53)56(52)64/h13-26,29-33,62-63H,27-28H2,1-12H3. The Bertz CT molecular complexity index is 3520. The maximum atomic E-state index is 4.03. The lowest BCUT2D eigenvalue weighted by atomic mass is 9.57. The van der Waals surface area contributed by atoms with Crippen LogP contribution in [-0.2, 0) is 27.1 Å². The molecule has 2 nitrogen and oxygen atoms in total. The van der Waals surface area contributed by atoms with Crippen molar-refractivity contribution >= 4 is 82.9 Å². The van der Waals surface area contributed by atoms with Gasteiger partial charge < -0.3 is 9.88 Å². The molecule has 65 heavy (non-hydrogen) atoms. The Morgan fingerprint density at radius 3 is 1.97 bits per heavy atom. The van der Waals surface area contributed by atoms with Crippen LogP contribution in [0.4, 0.5) is 11.4 Å². The van der Waals surface area contributed by atoms with Gasteiger partial charge in [-0.2, -0.15) is 0 Å². The summed E-state index contributed by atoms with van der Waals surface area (Å²) < 4.78 is 5.46. The molecular weight excluding hydrogens is 804 g/mol. The van der Waals surface area contributed by atoms with Gasteiger partial charge in [-0.3, -0.25) is 0 Å². The summed E-state index contributed by atoms with van der Waals surface area (Å²) in [6.07, 6.45) is 2.37. The summed E-state index contributed by atoms with van der Waals surface area (Å²) in [6.45, 7) is 28.9. The fraction of sp³-hybridized carbons (Fsp3) is 0.311. The van der Waals surface area contributed by atoms with E-state index >= 15 is 0 Å². The van der Waals surface area contributed by atoms with Crippen molar-refractivity contribution < 1.29 is 0 Å². The number of nitrogens with zero attached hydrogens (tertiary/aromatic N) is 1. The van der Waals surface area contributed by atoms with Crippen LogP contribution in [-0.4, -0.2) is 11.8 Å². The molecule has 3 aliphatic rings. The van der Waals surface area contributed by atoms with Crippen molar-refractivity contribution in [2.45, 2.75) is 123 Å². The van der Waals surface area contributed by atoms with Crippen molar-refractivity contribution in [1.82, 2.24) is 4.57 Å². The lowest BCUT2D eigenvalue weighted by molar-refractivity contribution is 0.332. The van der Waals surface area contributed by atoms with Crippen molar-refractivity contribution in [2.75, 3.05) is 5.32 Å². The van der Waals surface area contributed by atoms with E-state index in [2.05, 4.69) is 208 Å². The number of thiophene rings is 1. The second kappa shape index (κ2) is 13.3. The van der Waals surface area contributed by atoms with E-state index in [0.717, 1.165) is 18.7 Å². The highest BCUT2D eigenvalue weighted by Gasteiger charge is 2.44. The molecule has 1 aliphatic heterocycles. The summed E-state index contributed by atoms with van der Waals surface area (Å²) >= 11 is 1.94. The minimum atomic E-state index is -0.255. The van der Waals surface area contributed by atoms with Crippen molar-refractivity contribution in [3.05, 3.63) is 149 Å². The lowest BCUT2D eigenvalue weighted by Gasteiger charge is -2.42. The van der Waals surface area contributed by atoms with Gasteiger partial charge in [-0.25, -0.2) is 0 Å². The quantitative estimate of drug-likeness (QED) is 0.175. The Balaban J connectivity index is 1.27. The predicted octanol–water partition coefficient (Wildman–Crippen LogP) is 15.5.